The number of carbonyl (C=O) groups excluding carboxylic acids is 2. The van der Waals surface area contributed by atoms with Crippen molar-refractivity contribution in [3.8, 4) is 0 Å². The maximum absolute atomic E-state index is 12.5. The van der Waals surface area contributed by atoms with Crippen molar-refractivity contribution in [2.24, 2.45) is 0 Å². The molecule has 0 saturated heterocycles. The minimum Gasteiger partial charge on any atom is -0.465 e. The third-order valence-corrected chi connectivity index (χ3v) is 4.31. The third-order valence-electron chi connectivity index (χ3n) is 3.98. The standard InChI is InChI=1S/C21H18ClN3O3/c1-28-21(27)15-7-9-17(22)18(11-15)25-20(26)16-8-10-19(24-13-16)23-12-14-5-3-2-4-6-14/h2-11,13H,12H2,1H3,(H,23,24)(H,25,26). The highest BCUT2D eigenvalue weighted by Gasteiger charge is 2.13. The molecule has 0 bridgehead atoms. The number of methoxy groups -OCH3 is 1. The van der Waals surface area contributed by atoms with E-state index in [4.69, 9.17) is 11.6 Å². The molecule has 28 heavy (non-hydrogen) atoms. The molecule has 0 aliphatic heterocycles. The van der Waals surface area contributed by atoms with Gasteiger partial charge in [0.2, 0.25) is 0 Å². The Bertz CT molecular complexity index is 976. The van der Waals surface area contributed by atoms with E-state index in [0.717, 1.165) is 5.56 Å². The first-order valence-corrected chi connectivity index (χ1v) is 8.87. The van der Waals surface area contributed by atoms with Gasteiger partial charge in [-0.1, -0.05) is 41.9 Å². The van der Waals surface area contributed by atoms with E-state index in [0.29, 0.717) is 34.2 Å². The molecule has 0 atom stereocenters. The zero-order valence-corrected chi connectivity index (χ0v) is 15.9. The van der Waals surface area contributed by atoms with E-state index in [2.05, 4.69) is 20.4 Å². The molecule has 7 heteroatoms. The van der Waals surface area contributed by atoms with Gasteiger partial charge in [-0.2, -0.15) is 0 Å². The summed E-state index contributed by atoms with van der Waals surface area (Å²) >= 11 is 6.11. The fourth-order valence-electron chi connectivity index (χ4n) is 2.48. The number of nitrogens with one attached hydrogen (secondary N) is 2. The molecule has 0 saturated carbocycles. The molecule has 1 aromatic heterocycles. The van der Waals surface area contributed by atoms with Gasteiger partial charge in [0.15, 0.2) is 0 Å². The number of anilines is 2. The molecule has 0 fully saturated rings. The van der Waals surface area contributed by atoms with E-state index >= 15 is 0 Å². The lowest BCUT2D eigenvalue weighted by molar-refractivity contribution is 0.0600. The van der Waals surface area contributed by atoms with Crippen LogP contribution in [0.5, 0.6) is 0 Å². The Morgan fingerprint density at radius 2 is 1.79 bits per heavy atom. The second-order valence-corrected chi connectivity index (χ2v) is 6.32. The highest BCUT2D eigenvalue weighted by Crippen LogP contribution is 2.24. The topological polar surface area (TPSA) is 80.3 Å². The van der Waals surface area contributed by atoms with Crippen LogP contribution in [0.15, 0.2) is 66.9 Å². The molecule has 142 valence electrons. The Labute approximate surface area is 167 Å². The second kappa shape index (κ2) is 9.01. The molecule has 1 amide bonds. The SMILES string of the molecule is COC(=O)c1ccc(Cl)c(NC(=O)c2ccc(NCc3ccccc3)nc2)c1. The fourth-order valence-corrected chi connectivity index (χ4v) is 2.65. The van der Waals surface area contributed by atoms with Crippen molar-refractivity contribution in [1.29, 1.82) is 0 Å². The average Bonchev–Trinajstić information content (AvgIpc) is 2.74. The minimum absolute atomic E-state index is 0.292. The molecule has 0 aliphatic rings. The van der Waals surface area contributed by atoms with E-state index in [1.54, 1.807) is 12.1 Å². The van der Waals surface area contributed by atoms with Crippen LogP contribution in [0.25, 0.3) is 0 Å². The summed E-state index contributed by atoms with van der Waals surface area (Å²) in [5.74, 6) is -0.236. The van der Waals surface area contributed by atoms with Crippen molar-refractivity contribution in [3.63, 3.8) is 0 Å². The van der Waals surface area contributed by atoms with E-state index in [-0.39, 0.29) is 5.91 Å². The molecule has 0 radical (unpaired) electrons. The zero-order valence-electron chi connectivity index (χ0n) is 15.1. The number of aromatic nitrogens is 1. The zero-order chi connectivity index (χ0) is 19.9. The first kappa shape index (κ1) is 19.4. The highest BCUT2D eigenvalue weighted by atomic mass is 35.5. The number of benzene rings is 2. The van der Waals surface area contributed by atoms with Crippen LogP contribution in [0.4, 0.5) is 11.5 Å². The van der Waals surface area contributed by atoms with Gasteiger partial charge in [0.05, 0.1) is 28.9 Å². The normalized spacial score (nSPS) is 10.2. The van der Waals surface area contributed by atoms with Gasteiger partial charge in [-0.3, -0.25) is 4.79 Å². The van der Waals surface area contributed by atoms with Crippen LogP contribution >= 0.6 is 11.6 Å². The molecule has 0 unspecified atom stereocenters. The summed E-state index contributed by atoms with van der Waals surface area (Å²) in [4.78, 5) is 28.4. The lowest BCUT2D eigenvalue weighted by Crippen LogP contribution is -2.13. The smallest absolute Gasteiger partial charge is 0.337 e. The Morgan fingerprint density at radius 3 is 2.46 bits per heavy atom. The fraction of sp³-hybridized carbons (Fsp3) is 0.0952. The van der Waals surface area contributed by atoms with Gasteiger partial charge in [-0.05, 0) is 35.9 Å². The van der Waals surface area contributed by atoms with Crippen LogP contribution in [0.2, 0.25) is 5.02 Å². The Morgan fingerprint density at radius 1 is 1.04 bits per heavy atom. The summed E-state index contributed by atoms with van der Waals surface area (Å²) in [7, 11) is 1.29. The van der Waals surface area contributed by atoms with Crippen LogP contribution in [0.3, 0.4) is 0 Å². The van der Waals surface area contributed by atoms with Gasteiger partial charge in [0.1, 0.15) is 5.82 Å². The van der Waals surface area contributed by atoms with Gasteiger partial charge in [-0.25, -0.2) is 9.78 Å². The van der Waals surface area contributed by atoms with Crippen LogP contribution in [0, 0.1) is 0 Å². The molecule has 3 aromatic rings. The van der Waals surface area contributed by atoms with Gasteiger partial charge in [-0.15, -0.1) is 0 Å². The summed E-state index contributed by atoms with van der Waals surface area (Å²) in [6, 6.07) is 17.8. The lowest BCUT2D eigenvalue weighted by atomic mass is 10.2. The predicted octanol–water partition coefficient (Wildman–Crippen LogP) is 4.39. The van der Waals surface area contributed by atoms with Gasteiger partial charge in [0.25, 0.3) is 5.91 Å². The summed E-state index contributed by atoms with van der Waals surface area (Å²) < 4.78 is 4.68. The number of hydrogen-bond acceptors (Lipinski definition) is 5. The van der Waals surface area contributed by atoms with E-state index in [9.17, 15) is 9.59 Å². The van der Waals surface area contributed by atoms with Crippen molar-refractivity contribution in [2.75, 3.05) is 17.7 Å². The number of ether oxygens (including phenoxy) is 1. The van der Waals surface area contributed by atoms with Crippen LogP contribution in [-0.4, -0.2) is 24.0 Å². The maximum Gasteiger partial charge on any atom is 0.337 e. The van der Waals surface area contributed by atoms with Gasteiger partial charge in [0, 0.05) is 12.7 Å². The largest absolute Gasteiger partial charge is 0.465 e. The summed E-state index contributed by atoms with van der Waals surface area (Å²) in [5, 5.41) is 6.20. The van der Waals surface area contributed by atoms with E-state index in [1.165, 1.54) is 31.5 Å². The quantitative estimate of drug-likeness (QED) is 0.605. The molecule has 2 N–H and O–H groups in total. The van der Waals surface area contributed by atoms with Crippen molar-refractivity contribution in [1.82, 2.24) is 4.98 Å². The second-order valence-electron chi connectivity index (χ2n) is 5.91. The summed E-state index contributed by atoms with van der Waals surface area (Å²) in [5.41, 5.74) is 2.11. The van der Waals surface area contributed by atoms with E-state index in [1.807, 2.05) is 30.3 Å². The molecule has 6 nitrogen and oxygen atoms in total. The van der Waals surface area contributed by atoms with Crippen LogP contribution in [0.1, 0.15) is 26.3 Å². The summed E-state index contributed by atoms with van der Waals surface area (Å²) in [6.07, 6.45) is 1.47. The number of pyridine rings is 1. The molecule has 0 aliphatic carbocycles. The van der Waals surface area contributed by atoms with Gasteiger partial charge < -0.3 is 15.4 Å². The van der Waals surface area contributed by atoms with Crippen molar-refractivity contribution >= 4 is 35.0 Å². The number of esters is 1. The Balaban J connectivity index is 1.65. The number of carbonyl (C=O) groups is 2. The average molecular weight is 396 g/mol. The number of hydrogen-bond donors (Lipinski definition) is 2. The highest BCUT2D eigenvalue weighted by molar-refractivity contribution is 6.34. The monoisotopic (exact) mass is 395 g/mol. The maximum atomic E-state index is 12.5. The molecule has 1 heterocycles. The Hall–Kier alpha value is -3.38. The van der Waals surface area contributed by atoms with Crippen molar-refractivity contribution in [3.05, 3.63) is 88.6 Å². The number of rotatable bonds is 6. The predicted molar refractivity (Wildman–Crippen MR) is 109 cm³/mol. The van der Waals surface area contributed by atoms with Crippen LogP contribution in [-0.2, 0) is 11.3 Å². The first-order valence-electron chi connectivity index (χ1n) is 8.50. The number of nitrogens with zero attached hydrogens (tertiary/aromatic N) is 1. The van der Waals surface area contributed by atoms with E-state index < -0.39 is 5.97 Å². The molecule has 2 aromatic carbocycles. The lowest BCUT2D eigenvalue weighted by Gasteiger charge is -2.10. The summed E-state index contributed by atoms with van der Waals surface area (Å²) in [6.45, 7) is 0.634. The van der Waals surface area contributed by atoms with Crippen LogP contribution < -0.4 is 10.6 Å². The molecule has 0 spiro atoms. The third kappa shape index (κ3) is 4.86. The van der Waals surface area contributed by atoms with Gasteiger partial charge >= 0.3 is 5.97 Å². The van der Waals surface area contributed by atoms with Crippen molar-refractivity contribution in [2.45, 2.75) is 6.54 Å². The Kier molecular flexibility index (Phi) is 6.24. The number of amides is 1. The first-order chi connectivity index (χ1) is 13.6. The van der Waals surface area contributed by atoms with Crippen molar-refractivity contribution < 1.29 is 14.3 Å². The molecular weight excluding hydrogens is 378 g/mol. The molecular formula is C21H18ClN3O3. The minimum atomic E-state index is -0.511. The molecule has 3 rings (SSSR count). The number of halogens is 1.